The fourth-order valence-corrected chi connectivity index (χ4v) is 0.677. The Hall–Kier alpha value is 0.0900. The molecule has 0 unspecified atom stereocenters. The average molecular weight is 204 g/mol. The van der Waals surface area contributed by atoms with Crippen molar-refractivity contribution in [3.8, 4) is 0 Å². The van der Waals surface area contributed by atoms with Crippen LogP contribution in [0, 0.1) is 0 Å². The third kappa shape index (κ3) is 73.6. The van der Waals surface area contributed by atoms with Crippen LogP contribution in [0.3, 0.4) is 0 Å². The first-order valence-electron chi connectivity index (χ1n) is 5.21. The van der Waals surface area contributed by atoms with Gasteiger partial charge in [0, 0.05) is 0 Å². The second-order valence-electron chi connectivity index (χ2n) is 3.27. The highest BCUT2D eigenvalue weighted by atomic mass is 32.1. The molecule has 0 saturated carbocycles. The van der Waals surface area contributed by atoms with E-state index in [1.807, 2.05) is 13.8 Å². The van der Waals surface area contributed by atoms with Crippen LogP contribution in [-0.2, 0) is 0 Å². The van der Waals surface area contributed by atoms with E-state index in [1.165, 1.54) is 37.7 Å². The summed E-state index contributed by atoms with van der Waals surface area (Å²) in [5, 5.41) is 0. The SMILES string of the molecule is C=C(C)C.CCCCCCC.CS. The number of unbranched alkanes of at least 4 members (excludes halogenated alkanes) is 4. The molecular weight excluding hydrogens is 176 g/mol. The van der Waals surface area contributed by atoms with E-state index in [9.17, 15) is 0 Å². The zero-order valence-electron chi connectivity index (χ0n) is 10.2. The van der Waals surface area contributed by atoms with Crippen molar-refractivity contribution in [1.82, 2.24) is 0 Å². The predicted octanol–water partition coefficient (Wildman–Crippen LogP) is 5.11. The molecule has 0 amide bonds. The summed E-state index contributed by atoms with van der Waals surface area (Å²) in [6.45, 7) is 12.0. The number of thiol groups is 1. The highest BCUT2D eigenvalue weighted by Gasteiger charge is 1.80. The molecule has 0 aliphatic rings. The highest BCUT2D eigenvalue weighted by molar-refractivity contribution is 7.79. The Labute approximate surface area is 91.2 Å². The van der Waals surface area contributed by atoms with Crippen LogP contribution in [0.15, 0.2) is 12.2 Å². The summed E-state index contributed by atoms with van der Waals surface area (Å²) in [7, 11) is 0. The van der Waals surface area contributed by atoms with Gasteiger partial charge in [0.15, 0.2) is 0 Å². The molecule has 0 aromatic heterocycles. The molecule has 0 radical (unpaired) electrons. The molecule has 0 aliphatic heterocycles. The van der Waals surface area contributed by atoms with E-state index >= 15 is 0 Å². The van der Waals surface area contributed by atoms with Crippen molar-refractivity contribution >= 4 is 12.6 Å². The van der Waals surface area contributed by atoms with Gasteiger partial charge in [0.25, 0.3) is 0 Å². The van der Waals surface area contributed by atoms with Crippen molar-refractivity contribution in [2.45, 2.75) is 59.8 Å². The summed E-state index contributed by atoms with van der Waals surface area (Å²) in [6, 6.07) is 0. The average Bonchev–Trinajstić information content (AvgIpc) is 2.08. The minimum absolute atomic E-state index is 1.17. The highest BCUT2D eigenvalue weighted by Crippen LogP contribution is 2.00. The second kappa shape index (κ2) is 22.7. The molecule has 0 nitrogen and oxygen atoms in total. The molecule has 0 spiro atoms. The molecule has 0 N–H and O–H groups in total. The third-order valence-corrected chi connectivity index (χ3v) is 1.21. The summed E-state index contributed by atoms with van der Waals surface area (Å²) in [5.74, 6) is 0. The summed E-state index contributed by atoms with van der Waals surface area (Å²) in [6.07, 6.45) is 8.70. The van der Waals surface area contributed by atoms with Crippen molar-refractivity contribution < 1.29 is 0 Å². The van der Waals surface area contributed by atoms with Crippen LogP contribution in [0.4, 0.5) is 0 Å². The van der Waals surface area contributed by atoms with Gasteiger partial charge in [-0.2, -0.15) is 12.6 Å². The van der Waals surface area contributed by atoms with Gasteiger partial charge in [0.1, 0.15) is 0 Å². The molecule has 1 heteroatoms. The van der Waals surface area contributed by atoms with Gasteiger partial charge in [0.05, 0.1) is 0 Å². The van der Waals surface area contributed by atoms with Crippen molar-refractivity contribution in [1.29, 1.82) is 0 Å². The second-order valence-corrected chi connectivity index (χ2v) is 3.27. The fourth-order valence-electron chi connectivity index (χ4n) is 0.677. The van der Waals surface area contributed by atoms with Gasteiger partial charge < -0.3 is 0 Å². The number of hydrogen-bond acceptors (Lipinski definition) is 1. The van der Waals surface area contributed by atoms with Gasteiger partial charge in [-0.05, 0) is 20.1 Å². The van der Waals surface area contributed by atoms with E-state index < -0.39 is 0 Å². The molecule has 13 heavy (non-hydrogen) atoms. The maximum atomic E-state index is 3.56. The summed E-state index contributed by atoms with van der Waals surface area (Å²) < 4.78 is 0. The lowest BCUT2D eigenvalue weighted by Crippen LogP contribution is -1.70. The Balaban J connectivity index is -0.000000142. The molecule has 0 bridgehead atoms. The maximum Gasteiger partial charge on any atom is -0.0215 e. The third-order valence-electron chi connectivity index (χ3n) is 1.21. The van der Waals surface area contributed by atoms with E-state index in [2.05, 4.69) is 33.1 Å². The van der Waals surface area contributed by atoms with E-state index in [1.54, 1.807) is 6.26 Å². The van der Waals surface area contributed by atoms with Gasteiger partial charge in [-0.3, -0.25) is 0 Å². The summed E-state index contributed by atoms with van der Waals surface area (Å²) in [4.78, 5) is 0. The van der Waals surface area contributed by atoms with Crippen LogP contribution in [0.1, 0.15) is 59.8 Å². The number of rotatable bonds is 4. The van der Waals surface area contributed by atoms with Crippen LogP contribution in [-0.4, -0.2) is 6.26 Å². The molecule has 0 aromatic carbocycles. The first kappa shape index (κ1) is 18.8. The van der Waals surface area contributed by atoms with E-state index in [-0.39, 0.29) is 0 Å². The van der Waals surface area contributed by atoms with Crippen molar-refractivity contribution in [2.24, 2.45) is 0 Å². The predicted molar refractivity (Wildman–Crippen MR) is 69.8 cm³/mol. The summed E-state index contributed by atoms with van der Waals surface area (Å²) in [5.41, 5.74) is 1.17. The molecule has 0 rings (SSSR count). The van der Waals surface area contributed by atoms with Gasteiger partial charge in [-0.15, -0.1) is 6.58 Å². The lowest BCUT2D eigenvalue weighted by Gasteiger charge is -1.90. The first-order chi connectivity index (χ1) is 6.15. The lowest BCUT2D eigenvalue weighted by atomic mass is 10.2. The van der Waals surface area contributed by atoms with E-state index in [0.717, 1.165) is 0 Å². The molecule has 0 saturated heterocycles. The largest absolute Gasteiger partial charge is 0.183 e. The monoisotopic (exact) mass is 204 g/mol. The van der Waals surface area contributed by atoms with Gasteiger partial charge in [-0.1, -0.05) is 51.5 Å². The molecular formula is C12H28S. The molecule has 0 heterocycles. The van der Waals surface area contributed by atoms with Crippen LogP contribution < -0.4 is 0 Å². The van der Waals surface area contributed by atoms with Crippen LogP contribution in [0.5, 0.6) is 0 Å². The Morgan fingerprint density at radius 2 is 1.15 bits per heavy atom. The van der Waals surface area contributed by atoms with Crippen molar-refractivity contribution in [3.05, 3.63) is 12.2 Å². The minimum atomic E-state index is 1.17. The molecule has 82 valence electrons. The normalized spacial score (nSPS) is 7.54. The standard InChI is InChI=1S/C7H16.C4H8.CH4S/c1-3-5-7-6-4-2;1-4(2)3;1-2/h3-7H2,1-2H3;1H2,2-3H3;2H,1H3. The summed E-state index contributed by atoms with van der Waals surface area (Å²) >= 11 is 3.53. The number of allylic oxidation sites excluding steroid dienone is 1. The van der Waals surface area contributed by atoms with E-state index in [0.29, 0.717) is 0 Å². The minimum Gasteiger partial charge on any atom is -0.183 e. The van der Waals surface area contributed by atoms with Gasteiger partial charge in [0.2, 0.25) is 0 Å². The molecule has 0 fully saturated rings. The molecule has 0 aliphatic carbocycles. The smallest absolute Gasteiger partial charge is 0.0215 e. The lowest BCUT2D eigenvalue weighted by molar-refractivity contribution is 0.656. The topological polar surface area (TPSA) is 0 Å². The molecule has 0 aromatic rings. The Kier molecular flexibility index (Phi) is 32.8. The van der Waals surface area contributed by atoms with Crippen LogP contribution in [0.25, 0.3) is 0 Å². The first-order valence-corrected chi connectivity index (χ1v) is 6.11. The van der Waals surface area contributed by atoms with Crippen LogP contribution in [0.2, 0.25) is 0 Å². The van der Waals surface area contributed by atoms with Gasteiger partial charge in [-0.25, -0.2) is 0 Å². The molecule has 0 atom stereocenters. The Morgan fingerprint density at radius 1 is 0.923 bits per heavy atom. The zero-order valence-corrected chi connectivity index (χ0v) is 11.1. The van der Waals surface area contributed by atoms with Gasteiger partial charge >= 0.3 is 0 Å². The Morgan fingerprint density at radius 3 is 1.31 bits per heavy atom. The fraction of sp³-hybridized carbons (Fsp3) is 0.833. The Bertz CT molecular complexity index is 69.2. The van der Waals surface area contributed by atoms with Crippen molar-refractivity contribution in [3.63, 3.8) is 0 Å². The number of hydrogen-bond donors (Lipinski definition) is 1. The van der Waals surface area contributed by atoms with E-state index in [4.69, 9.17) is 0 Å². The van der Waals surface area contributed by atoms with Crippen LogP contribution >= 0.6 is 12.6 Å². The van der Waals surface area contributed by atoms with Crippen molar-refractivity contribution in [2.75, 3.05) is 6.26 Å². The quantitative estimate of drug-likeness (QED) is 0.367. The maximum absolute atomic E-state index is 3.56. The zero-order chi connectivity index (χ0) is 11.1.